The van der Waals surface area contributed by atoms with E-state index in [2.05, 4.69) is 15.6 Å². The molecule has 1 fully saturated rings. The molecular formula is C25H24F3N3O3S. The van der Waals surface area contributed by atoms with Crippen LogP contribution in [0.4, 0.5) is 13.2 Å². The Morgan fingerprint density at radius 1 is 0.943 bits per heavy atom. The highest BCUT2D eigenvalue weighted by atomic mass is 32.1. The molecule has 35 heavy (non-hydrogen) atoms. The number of rotatable bonds is 7. The van der Waals surface area contributed by atoms with Crippen molar-refractivity contribution < 1.29 is 27.5 Å². The van der Waals surface area contributed by atoms with Gasteiger partial charge < -0.3 is 15.4 Å². The van der Waals surface area contributed by atoms with Crippen LogP contribution >= 0.6 is 11.3 Å². The van der Waals surface area contributed by atoms with Crippen molar-refractivity contribution in [1.82, 2.24) is 15.6 Å². The Bertz CT molecular complexity index is 1150. The summed E-state index contributed by atoms with van der Waals surface area (Å²) in [5.41, 5.74) is -0.398. The minimum Gasteiger partial charge on any atom is -0.486 e. The number of nitrogens with one attached hydrogen (secondary N) is 2. The van der Waals surface area contributed by atoms with Crippen LogP contribution in [-0.4, -0.2) is 28.9 Å². The fourth-order valence-corrected chi connectivity index (χ4v) is 4.61. The molecule has 1 aliphatic carbocycles. The molecule has 0 radical (unpaired) electrons. The predicted octanol–water partition coefficient (Wildman–Crippen LogP) is 5.21. The van der Waals surface area contributed by atoms with E-state index in [0.29, 0.717) is 23.6 Å². The number of aromatic nitrogens is 1. The summed E-state index contributed by atoms with van der Waals surface area (Å²) in [7, 11) is 0. The van der Waals surface area contributed by atoms with Gasteiger partial charge in [0.05, 0.1) is 5.56 Å². The molecule has 1 saturated carbocycles. The van der Waals surface area contributed by atoms with E-state index in [1.807, 2.05) is 30.3 Å². The third-order valence-electron chi connectivity index (χ3n) is 5.76. The van der Waals surface area contributed by atoms with Crippen LogP contribution in [0.5, 0.6) is 5.75 Å². The van der Waals surface area contributed by atoms with Gasteiger partial charge in [0.1, 0.15) is 23.1 Å². The van der Waals surface area contributed by atoms with Crippen molar-refractivity contribution in [2.24, 2.45) is 0 Å². The number of ether oxygens (including phenoxy) is 1. The van der Waals surface area contributed by atoms with Crippen LogP contribution in [0.25, 0.3) is 0 Å². The van der Waals surface area contributed by atoms with Crippen LogP contribution < -0.4 is 15.4 Å². The maximum Gasteiger partial charge on any atom is 0.416 e. The minimum atomic E-state index is -4.46. The monoisotopic (exact) mass is 503 g/mol. The topological polar surface area (TPSA) is 80.3 Å². The van der Waals surface area contributed by atoms with Crippen LogP contribution in [0.15, 0.2) is 60.0 Å². The van der Waals surface area contributed by atoms with E-state index in [9.17, 15) is 22.8 Å². The van der Waals surface area contributed by atoms with Gasteiger partial charge in [-0.25, -0.2) is 4.98 Å². The Morgan fingerprint density at radius 3 is 2.20 bits per heavy atom. The summed E-state index contributed by atoms with van der Waals surface area (Å²) in [4.78, 5) is 29.8. The Hall–Kier alpha value is -3.40. The zero-order chi connectivity index (χ0) is 24.8. The molecule has 0 aliphatic heterocycles. The molecule has 4 rings (SSSR count). The summed E-state index contributed by atoms with van der Waals surface area (Å²) >= 11 is 1.32. The molecule has 2 atom stereocenters. The third kappa shape index (κ3) is 6.60. The molecule has 0 spiro atoms. The van der Waals surface area contributed by atoms with Gasteiger partial charge in [0.15, 0.2) is 0 Å². The number of thiazole rings is 1. The number of hydrogen-bond acceptors (Lipinski definition) is 5. The molecule has 1 aromatic heterocycles. The second-order valence-electron chi connectivity index (χ2n) is 8.25. The number of nitrogens with zero attached hydrogens (tertiary/aromatic N) is 1. The Labute approximate surface area is 204 Å². The number of alkyl halides is 3. The second-order valence-corrected chi connectivity index (χ2v) is 9.19. The zero-order valence-electron chi connectivity index (χ0n) is 18.7. The Balaban J connectivity index is 1.34. The van der Waals surface area contributed by atoms with Gasteiger partial charge in [-0.2, -0.15) is 13.2 Å². The zero-order valence-corrected chi connectivity index (χ0v) is 19.5. The predicted molar refractivity (Wildman–Crippen MR) is 125 cm³/mol. The molecule has 0 unspecified atom stereocenters. The average Bonchev–Trinajstić information content (AvgIpc) is 3.33. The quantitative estimate of drug-likeness (QED) is 0.464. The highest BCUT2D eigenvalue weighted by Gasteiger charge is 2.31. The maximum absolute atomic E-state index is 12.8. The molecule has 2 amide bonds. The summed E-state index contributed by atoms with van der Waals surface area (Å²) in [6.07, 6.45) is -1.35. The van der Waals surface area contributed by atoms with E-state index in [-0.39, 0.29) is 35.9 Å². The van der Waals surface area contributed by atoms with Crippen molar-refractivity contribution in [3.8, 4) is 5.75 Å². The van der Waals surface area contributed by atoms with Crippen molar-refractivity contribution in [3.05, 3.63) is 81.8 Å². The fraction of sp³-hybridized carbons (Fsp3) is 0.320. The van der Waals surface area contributed by atoms with Gasteiger partial charge in [0, 0.05) is 23.0 Å². The van der Waals surface area contributed by atoms with Crippen LogP contribution in [0.2, 0.25) is 0 Å². The largest absolute Gasteiger partial charge is 0.486 e. The fourth-order valence-electron chi connectivity index (χ4n) is 3.92. The lowest BCUT2D eigenvalue weighted by Gasteiger charge is -2.32. The molecule has 2 N–H and O–H groups in total. The van der Waals surface area contributed by atoms with E-state index >= 15 is 0 Å². The number of carbonyl (C=O) groups excluding carboxylic acids is 2. The first kappa shape index (κ1) is 24.7. The summed E-state index contributed by atoms with van der Waals surface area (Å²) < 4.78 is 44.0. The van der Waals surface area contributed by atoms with Crippen LogP contribution in [0.3, 0.4) is 0 Å². The van der Waals surface area contributed by atoms with Gasteiger partial charge in [-0.05, 0) is 49.2 Å². The first-order valence-corrected chi connectivity index (χ1v) is 12.1. The van der Waals surface area contributed by atoms with Gasteiger partial charge in [-0.15, -0.1) is 11.3 Å². The van der Waals surface area contributed by atoms with E-state index in [1.165, 1.54) is 11.3 Å². The van der Waals surface area contributed by atoms with E-state index < -0.39 is 17.6 Å². The van der Waals surface area contributed by atoms with E-state index in [0.717, 1.165) is 37.1 Å². The molecule has 0 saturated heterocycles. The van der Waals surface area contributed by atoms with Crippen molar-refractivity contribution in [1.29, 1.82) is 0 Å². The first-order valence-electron chi connectivity index (χ1n) is 11.2. The van der Waals surface area contributed by atoms with Gasteiger partial charge in [-0.3, -0.25) is 9.59 Å². The first-order chi connectivity index (χ1) is 16.8. The van der Waals surface area contributed by atoms with Gasteiger partial charge in [-0.1, -0.05) is 31.0 Å². The van der Waals surface area contributed by atoms with Crippen LogP contribution in [-0.2, 0) is 12.8 Å². The van der Waals surface area contributed by atoms with E-state index in [4.69, 9.17) is 4.74 Å². The molecule has 184 valence electrons. The number of para-hydroxylation sites is 1. The molecule has 1 aliphatic rings. The SMILES string of the molecule is O=C(N[C@@H]1CCCC[C@H]1NC(=O)c1csc(COc2ccccc2)n1)c1ccc(C(F)(F)F)cc1. The Kier molecular flexibility index (Phi) is 7.70. The standard InChI is InChI=1S/C25H24F3N3O3S/c26-25(27,28)17-12-10-16(11-13-17)23(32)30-19-8-4-5-9-20(19)31-24(33)21-15-35-22(29-21)14-34-18-6-2-1-3-7-18/h1-3,6-7,10-13,15,19-20H,4-5,8-9,14H2,(H,30,32)(H,31,33)/t19-,20-/m1/s1. The normalized spacial score (nSPS) is 18.0. The second kappa shape index (κ2) is 10.9. The van der Waals surface area contributed by atoms with Crippen molar-refractivity contribution in [2.45, 2.75) is 50.6 Å². The molecule has 3 aromatic rings. The van der Waals surface area contributed by atoms with Crippen LogP contribution in [0, 0.1) is 0 Å². The number of amides is 2. The molecule has 6 nitrogen and oxygen atoms in total. The highest BCUT2D eigenvalue weighted by molar-refractivity contribution is 7.09. The molecule has 0 bridgehead atoms. The minimum absolute atomic E-state index is 0.135. The van der Waals surface area contributed by atoms with Gasteiger partial charge in [0.25, 0.3) is 11.8 Å². The summed E-state index contributed by atoms with van der Waals surface area (Å²) in [5.74, 6) is -0.102. The summed E-state index contributed by atoms with van der Waals surface area (Å²) in [5, 5.41) is 8.16. The van der Waals surface area contributed by atoms with Gasteiger partial charge >= 0.3 is 6.18 Å². The smallest absolute Gasteiger partial charge is 0.416 e. The van der Waals surface area contributed by atoms with Gasteiger partial charge in [0.2, 0.25) is 0 Å². The molecule has 1 heterocycles. The number of halogens is 3. The number of carbonyl (C=O) groups is 2. The van der Waals surface area contributed by atoms with E-state index in [1.54, 1.807) is 5.38 Å². The lowest BCUT2D eigenvalue weighted by molar-refractivity contribution is -0.137. The number of hydrogen-bond donors (Lipinski definition) is 2. The lowest BCUT2D eigenvalue weighted by atomic mass is 9.90. The molecule has 10 heteroatoms. The summed E-state index contributed by atoms with van der Waals surface area (Å²) in [6.45, 7) is 0.247. The Morgan fingerprint density at radius 2 is 1.57 bits per heavy atom. The lowest BCUT2D eigenvalue weighted by Crippen LogP contribution is -2.53. The number of benzene rings is 2. The van der Waals surface area contributed by atoms with Crippen molar-refractivity contribution >= 4 is 23.2 Å². The van der Waals surface area contributed by atoms with Crippen molar-refractivity contribution in [3.63, 3.8) is 0 Å². The van der Waals surface area contributed by atoms with Crippen molar-refractivity contribution in [2.75, 3.05) is 0 Å². The molecular weight excluding hydrogens is 479 g/mol. The van der Waals surface area contributed by atoms with Crippen LogP contribution in [0.1, 0.15) is 57.1 Å². The maximum atomic E-state index is 12.8. The third-order valence-corrected chi connectivity index (χ3v) is 6.59. The molecule has 2 aromatic carbocycles. The average molecular weight is 504 g/mol. The summed E-state index contributed by atoms with van der Waals surface area (Å²) in [6, 6.07) is 12.7. The highest BCUT2D eigenvalue weighted by Crippen LogP contribution is 2.29.